The molecule has 1 saturated heterocycles. The molecule has 1 aromatic heterocycles. The number of benzene rings is 1. The van der Waals surface area contributed by atoms with Crippen molar-refractivity contribution in [3.05, 3.63) is 53.9 Å². The summed E-state index contributed by atoms with van der Waals surface area (Å²) in [5.74, 6) is -0.160. The fraction of sp³-hybridized carbons (Fsp3) is 0.278. The van der Waals surface area contributed by atoms with E-state index < -0.39 is 0 Å². The predicted octanol–water partition coefficient (Wildman–Crippen LogP) is 2.18. The van der Waals surface area contributed by atoms with E-state index in [1.54, 1.807) is 17.2 Å². The zero-order chi connectivity index (χ0) is 16.9. The number of carbonyl (C=O) groups excluding carboxylic acids is 2. The number of rotatable bonds is 5. The fourth-order valence-electron chi connectivity index (χ4n) is 2.73. The Hall–Kier alpha value is -2.73. The van der Waals surface area contributed by atoms with E-state index in [-0.39, 0.29) is 11.8 Å². The molecule has 1 fully saturated rings. The van der Waals surface area contributed by atoms with Gasteiger partial charge < -0.3 is 15.5 Å². The summed E-state index contributed by atoms with van der Waals surface area (Å²) in [5, 5.41) is 5.93. The average molecular weight is 324 g/mol. The van der Waals surface area contributed by atoms with E-state index in [1.807, 2.05) is 31.3 Å². The molecule has 0 saturated carbocycles. The minimum Gasteiger partial charge on any atom is -0.322 e. The molecular formula is C18H20N4O2. The summed E-state index contributed by atoms with van der Waals surface area (Å²) in [5.41, 5.74) is 2.98. The molecule has 0 spiro atoms. The molecule has 3 rings (SSSR count). The third kappa shape index (κ3) is 3.60. The van der Waals surface area contributed by atoms with Crippen LogP contribution in [0.1, 0.15) is 28.8 Å². The third-order valence-electron chi connectivity index (χ3n) is 3.96. The summed E-state index contributed by atoms with van der Waals surface area (Å²) in [6, 6.07) is 9.37. The number of anilines is 2. The molecule has 124 valence electrons. The zero-order valence-electron chi connectivity index (χ0n) is 13.6. The van der Waals surface area contributed by atoms with Crippen molar-refractivity contribution >= 4 is 23.2 Å². The lowest BCUT2D eigenvalue weighted by Crippen LogP contribution is -2.24. The van der Waals surface area contributed by atoms with Gasteiger partial charge in [-0.1, -0.05) is 12.1 Å². The zero-order valence-corrected chi connectivity index (χ0v) is 13.6. The fourth-order valence-corrected chi connectivity index (χ4v) is 2.73. The highest BCUT2D eigenvalue weighted by Crippen LogP contribution is 2.21. The molecule has 1 aliphatic rings. The van der Waals surface area contributed by atoms with Crippen LogP contribution in [0.15, 0.2) is 42.7 Å². The summed E-state index contributed by atoms with van der Waals surface area (Å²) < 4.78 is 0. The third-order valence-corrected chi connectivity index (χ3v) is 3.96. The van der Waals surface area contributed by atoms with Crippen molar-refractivity contribution in [3.63, 3.8) is 0 Å². The minimum atomic E-state index is -0.239. The van der Waals surface area contributed by atoms with Crippen molar-refractivity contribution in [1.82, 2.24) is 10.3 Å². The highest BCUT2D eigenvalue weighted by Gasteiger charge is 2.22. The van der Waals surface area contributed by atoms with Crippen LogP contribution < -0.4 is 15.5 Å². The van der Waals surface area contributed by atoms with Crippen molar-refractivity contribution in [2.45, 2.75) is 19.4 Å². The van der Waals surface area contributed by atoms with Gasteiger partial charge in [-0.2, -0.15) is 0 Å². The van der Waals surface area contributed by atoms with Crippen LogP contribution in [-0.2, 0) is 11.3 Å². The van der Waals surface area contributed by atoms with Gasteiger partial charge in [0.05, 0.1) is 17.4 Å². The second kappa shape index (κ2) is 7.23. The maximum atomic E-state index is 12.4. The average Bonchev–Trinajstić information content (AvgIpc) is 3.03. The van der Waals surface area contributed by atoms with Crippen molar-refractivity contribution in [2.75, 3.05) is 23.8 Å². The molecule has 2 aromatic rings. The van der Waals surface area contributed by atoms with E-state index in [2.05, 4.69) is 15.6 Å². The normalized spacial score (nSPS) is 14.0. The number of aromatic nitrogens is 1. The Bertz CT molecular complexity index is 743. The molecule has 6 nitrogen and oxygen atoms in total. The molecule has 0 aliphatic carbocycles. The van der Waals surface area contributed by atoms with E-state index in [4.69, 9.17) is 0 Å². The van der Waals surface area contributed by atoms with Crippen LogP contribution in [0.5, 0.6) is 0 Å². The standard InChI is InChI=1S/C18H20N4O2/c1-19-10-13-4-6-15(7-5-13)21-18(24)14-9-16(12-20-11-14)22-8-2-3-17(22)23/h4-7,9,11-12,19H,2-3,8,10H2,1H3,(H,21,24). The van der Waals surface area contributed by atoms with Gasteiger partial charge in [-0.05, 0) is 37.2 Å². The van der Waals surface area contributed by atoms with Crippen LogP contribution in [-0.4, -0.2) is 30.4 Å². The second-order valence-electron chi connectivity index (χ2n) is 5.76. The SMILES string of the molecule is CNCc1ccc(NC(=O)c2cncc(N3CCCC3=O)c2)cc1. The first kappa shape index (κ1) is 16.1. The van der Waals surface area contributed by atoms with Crippen molar-refractivity contribution in [1.29, 1.82) is 0 Å². The lowest BCUT2D eigenvalue weighted by atomic mass is 10.2. The molecule has 2 N–H and O–H groups in total. The Kier molecular flexibility index (Phi) is 4.86. The lowest BCUT2D eigenvalue weighted by molar-refractivity contribution is -0.117. The smallest absolute Gasteiger partial charge is 0.257 e. The summed E-state index contributed by atoms with van der Waals surface area (Å²) >= 11 is 0. The maximum Gasteiger partial charge on any atom is 0.257 e. The Morgan fingerprint density at radius 1 is 1.25 bits per heavy atom. The molecule has 6 heteroatoms. The van der Waals surface area contributed by atoms with Gasteiger partial charge in [0.25, 0.3) is 5.91 Å². The number of amides is 2. The van der Waals surface area contributed by atoms with Crippen molar-refractivity contribution < 1.29 is 9.59 Å². The molecular weight excluding hydrogens is 304 g/mol. The van der Waals surface area contributed by atoms with Gasteiger partial charge in [-0.15, -0.1) is 0 Å². The summed E-state index contributed by atoms with van der Waals surface area (Å²) in [7, 11) is 1.89. The predicted molar refractivity (Wildman–Crippen MR) is 93.0 cm³/mol. The molecule has 0 radical (unpaired) electrons. The number of hydrogen-bond acceptors (Lipinski definition) is 4. The minimum absolute atomic E-state index is 0.0782. The highest BCUT2D eigenvalue weighted by molar-refractivity contribution is 6.05. The molecule has 0 atom stereocenters. The van der Waals surface area contributed by atoms with Gasteiger partial charge in [-0.25, -0.2) is 0 Å². The Morgan fingerprint density at radius 3 is 2.71 bits per heavy atom. The number of pyridine rings is 1. The van der Waals surface area contributed by atoms with Crippen LogP contribution in [0, 0.1) is 0 Å². The molecule has 1 aliphatic heterocycles. The van der Waals surface area contributed by atoms with Gasteiger partial charge in [0.15, 0.2) is 0 Å². The second-order valence-corrected chi connectivity index (χ2v) is 5.76. The first-order valence-corrected chi connectivity index (χ1v) is 7.97. The van der Waals surface area contributed by atoms with Crippen LogP contribution in [0.4, 0.5) is 11.4 Å². The Morgan fingerprint density at radius 2 is 2.04 bits per heavy atom. The van der Waals surface area contributed by atoms with Crippen LogP contribution in [0.2, 0.25) is 0 Å². The molecule has 0 bridgehead atoms. The Balaban J connectivity index is 1.71. The number of nitrogens with zero attached hydrogens (tertiary/aromatic N) is 2. The van der Waals surface area contributed by atoms with Crippen LogP contribution in [0.3, 0.4) is 0 Å². The summed E-state index contributed by atoms with van der Waals surface area (Å²) in [6.07, 6.45) is 4.52. The maximum absolute atomic E-state index is 12.4. The van der Waals surface area contributed by atoms with E-state index in [1.165, 1.54) is 6.20 Å². The summed E-state index contributed by atoms with van der Waals surface area (Å²) in [6.45, 7) is 1.46. The van der Waals surface area contributed by atoms with Crippen molar-refractivity contribution in [3.8, 4) is 0 Å². The monoisotopic (exact) mass is 324 g/mol. The number of carbonyl (C=O) groups is 2. The van der Waals surface area contributed by atoms with E-state index >= 15 is 0 Å². The molecule has 0 unspecified atom stereocenters. The van der Waals surface area contributed by atoms with E-state index in [9.17, 15) is 9.59 Å². The molecule has 24 heavy (non-hydrogen) atoms. The van der Waals surface area contributed by atoms with Gasteiger partial charge in [0.2, 0.25) is 5.91 Å². The van der Waals surface area contributed by atoms with E-state index in [0.717, 1.165) is 24.2 Å². The summed E-state index contributed by atoms with van der Waals surface area (Å²) in [4.78, 5) is 30.0. The topological polar surface area (TPSA) is 74.3 Å². The molecule has 1 aromatic carbocycles. The van der Waals surface area contributed by atoms with Crippen LogP contribution >= 0.6 is 0 Å². The number of nitrogens with one attached hydrogen (secondary N) is 2. The van der Waals surface area contributed by atoms with Gasteiger partial charge in [-0.3, -0.25) is 14.6 Å². The van der Waals surface area contributed by atoms with E-state index in [0.29, 0.717) is 24.2 Å². The lowest BCUT2D eigenvalue weighted by Gasteiger charge is -2.15. The highest BCUT2D eigenvalue weighted by atomic mass is 16.2. The molecule has 2 heterocycles. The first-order valence-electron chi connectivity index (χ1n) is 7.97. The van der Waals surface area contributed by atoms with Crippen molar-refractivity contribution in [2.24, 2.45) is 0 Å². The number of hydrogen-bond donors (Lipinski definition) is 2. The van der Waals surface area contributed by atoms with Gasteiger partial charge in [0.1, 0.15) is 0 Å². The molecule has 2 amide bonds. The largest absolute Gasteiger partial charge is 0.322 e. The van der Waals surface area contributed by atoms with Gasteiger partial charge >= 0.3 is 0 Å². The quantitative estimate of drug-likeness (QED) is 0.884. The first-order chi connectivity index (χ1) is 11.7. The Labute approximate surface area is 140 Å². The van der Waals surface area contributed by atoms with Gasteiger partial charge in [0, 0.05) is 31.4 Å². The van der Waals surface area contributed by atoms with Crippen LogP contribution in [0.25, 0.3) is 0 Å².